The van der Waals surface area contributed by atoms with E-state index >= 15 is 0 Å². The molecule has 0 radical (unpaired) electrons. The molecule has 1 amide bonds. The van der Waals surface area contributed by atoms with E-state index in [1.165, 1.54) is 18.2 Å². The van der Waals surface area contributed by atoms with Crippen molar-refractivity contribution >= 4 is 17.8 Å². The summed E-state index contributed by atoms with van der Waals surface area (Å²) in [7, 11) is 0. The molecule has 0 spiro atoms. The SMILES string of the molecule is Cc1ccnc(NC(=O)/C=C/c2c(C)nn(-c3ccc(F)cc3)c2C)c1. The number of rotatable bonds is 4. The van der Waals surface area contributed by atoms with Crippen LogP contribution in [0.15, 0.2) is 48.7 Å². The summed E-state index contributed by atoms with van der Waals surface area (Å²) in [5.41, 5.74) is 4.28. The first kappa shape index (κ1) is 17.5. The fraction of sp³-hybridized carbons (Fsp3) is 0.150. The number of nitrogens with zero attached hydrogens (tertiary/aromatic N) is 3. The fourth-order valence-corrected chi connectivity index (χ4v) is 2.66. The number of pyridine rings is 1. The Balaban J connectivity index is 1.80. The molecule has 0 aliphatic heterocycles. The molecule has 0 unspecified atom stereocenters. The number of nitrogens with one attached hydrogen (secondary N) is 1. The zero-order valence-corrected chi connectivity index (χ0v) is 14.8. The number of anilines is 1. The molecule has 0 saturated carbocycles. The van der Waals surface area contributed by atoms with Crippen LogP contribution in [0.1, 0.15) is 22.5 Å². The molecule has 26 heavy (non-hydrogen) atoms. The van der Waals surface area contributed by atoms with Gasteiger partial charge in [-0.3, -0.25) is 4.79 Å². The van der Waals surface area contributed by atoms with Crippen molar-refractivity contribution in [3.05, 3.63) is 77.0 Å². The number of benzene rings is 1. The lowest BCUT2D eigenvalue weighted by molar-refractivity contribution is -0.111. The van der Waals surface area contributed by atoms with Crippen LogP contribution in [0.4, 0.5) is 10.2 Å². The van der Waals surface area contributed by atoms with E-state index in [1.807, 2.05) is 26.8 Å². The van der Waals surface area contributed by atoms with Crippen LogP contribution in [-0.4, -0.2) is 20.7 Å². The van der Waals surface area contributed by atoms with Gasteiger partial charge in [0.05, 0.1) is 11.4 Å². The van der Waals surface area contributed by atoms with Crippen LogP contribution >= 0.6 is 0 Å². The monoisotopic (exact) mass is 350 g/mol. The average Bonchev–Trinajstić information content (AvgIpc) is 2.88. The van der Waals surface area contributed by atoms with E-state index in [-0.39, 0.29) is 11.7 Å². The van der Waals surface area contributed by atoms with Gasteiger partial charge in [0, 0.05) is 23.5 Å². The van der Waals surface area contributed by atoms with Gasteiger partial charge in [-0.25, -0.2) is 14.1 Å². The highest BCUT2D eigenvalue weighted by molar-refractivity contribution is 6.01. The van der Waals surface area contributed by atoms with Crippen molar-refractivity contribution in [3.8, 4) is 5.69 Å². The molecule has 0 bridgehead atoms. The minimum absolute atomic E-state index is 0.267. The highest BCUT2D eigenvalue weighted by atomic mass is 19.1. The van der Waals surface area contributed by atoms with Crippen molar-refractivity contribution in [1.29, 1.82) is 0 Å². The Labute approximate surface area is 151 Å². The minimum Gasteiger partial charge on any atom is -0.307 e. The maximum atomic E-state index is 13.1. The molecule has 0 atom stereocenters. The van der Waals surface area contributed by atoms with E-state index in [0.29, 0.717) is 5.82 Å². The largest absolute Gasteiger partial charge is 0.307 e. The molecule has 5 nitrogen and oxygen atoms in total. The molecule has 132 valence electrons. The van der Waals surface area contributed by atoms with Crippen molar-refractivity contribution < 1.29 is 9.18 Å². The zero-order valence-electron chi connectivity index (χ0n) is 14.8. The van der Waals surface area contributed by atoms with E-state index in [2.05, 4.69) is 15.4 Å². The Bertz CT molecular complexity index is 974. The summed E-state index contributed by atoms with van der Waals surface area (Å²) >= 11 is 0. The molecule has 3 rings (SSSR count). The Morgan fingerprint density at radius 3 is 2.58 bits per heavy atom. The molecule has 0 aliphatic carbocycles. The van der Waals surface area contributed by atoms with E-state index in [9.17, 15) is 9.18 Å². The van der Waals surface area contributed by atoms with E-state index < -0.39 is 0 Å². The molecule has 0 aliphatic rings. The number of amides is 1. The molecule has 2 aromatic heterocycles. The zero-order chi connectivity index (χ0) is 18.7. The van der Waals surface area contributed by atoms with Crippen molar-refractivity contribution in [1.82, 2.24) is 14.8 Å². The van der Waals surface area contributed by atoms with Gasteiger partial charge in [-0.15, -0.1) is 0 Å². The third kappa shape index (κ3) is 3.85. The van der Waals surface area contributed by atoms with Gasteiger partial charge >= 0.3 is 0 Å². The number of carbonyl (C=O) groups excluding carboxylic acids is 1. The summed E-state index contributed by atoms with van der Waals surface area (Å²) in [5, 5.41) is 7.21. The lowest BCUT2D eigenvalue weighted by atomic mass is 10.2. The predicted molar refractivity (Wildman–Crippen MR) is 99.6 cm³/mol. The molecule has 3 aromatic rings. The lowest BCUT2D eigenvalue weighted by Crippen LogP contribution is -2.09. The number of hydrogen-bond donors (Lipinski definition) is 1. The summed E-state index contributed by atoms with van der Waals surface area (Å²) in [4.78, 5) is 16.2. The quantitative estimate of drug-likeness (QED) is 0.724. The second kappa shape index (κ2) is 7.31. The molecule has 2 heterocycles. The maximum absolute atomic E-state index is 13.1. The number of carbonyl (C=O) groups is 1. The standard InChI is InChI=1S/C20H19FN4O/c1-13-10-11-22-19(12-13)23-20(26)9-8-18-14(2)24-25(15(18)3)17-6-4-16(21)5-7-17/h4-12H,1-3H3,(H,22,23,26)/b9-8+. The Hall–Kier alpha value is -3.28. The smallest absolute Gasteiger partial charge is 0.249 e. The van der Waals surface area contributed by atoms with E-state index in [1.54, 1.807) is 35.2 Å². The van der Waals surface area contributed by atoms with Crippen molar-refractivity contribution in [2.75, 3.05) is 5.32 Å². The maximum Gasteiger partial charge on any atom is 0.249 e. The fourth-order valence-electron chi connectivity index (χ4n) is 2.66. The first-order valence-corrected chi connectivity index (χ1v) is 8.18. The Morgan fingerprint density at radius 1 is 1.15 bits per heavy atom. The highest BCUT2D eigenvalue weighted by Crippen LogP contribution is 2.19. The van der Waals surface area contributed by atoms with Crippen molar-refractivity contribution in [2.24, 2.45) is 0 Å². The summed E-state index contributed by atoms with van der Waals surface area (Å²) < 4.78 is 14.8. The van der Waals surface area contributed by atoms with E-state index in [4.69, 9.17) is 0 Å². The average molecular weight is 350 g/mol. The number of halogens is 1. The van der Waals surface area contributed by atoms with Crippen LogP contribution < -0.4 is 5.32 Å². The normalized spacial score (nSPS) is 11.1. The second-order valence-corrected chi connectivity index (χ2v) is 6.01. The predicted octanol–water partition coefficient (Wildman–Crippen LogP) is 3.98. The molecule has 1 aromatic carbocycles. The summed E-state index contributed by atoms with van der Waals surface area (Å²) in [6.45, 7) is 5.71. The minimum atomic E-state index is -0.295. The van der Waals surface area contributed by atoms with Crippen LogP contribution in [-0.2, 0) is 4.79 Å². The summed E-state index contributed by atoms with van der Waals surface area (Å²) in [6.07, 6.45) is 4.83. The molecule has 0 fully saturated rings. The van der Waals surface area contributed by atoms with Gasteiger partial charge in [0.1, 0.15) is 11.6 Å². The van der Waals surface area contributed by atoms with Gasteiger partial charge in [-0.05, 0) is 68.8 Å². The third-order valence-electron chi connectivity index (χ3n) is 3.99. The van der Waals surface area contributed by atoms with Gasteiger partial charge in [0.25, 0.3) is 0 Å². The molecular formula is C20H19FN4O. The van der Waals surface area contributed by atoms with Gasteiger partial charge in [0.2, 0.25) is 5.91 Å². The third-order valence-corrected chi connectivity index (χ3v) is 3.99. The van der Waals surface area contributed by atoms with Gasteiger partial charge in [-0.2, -0.15) is 5.10 Å². The Kier molecular flexibility index (Phi) is 4.93. The van der Waals surface area contributed by atoms with Crippen LogP contribution in [0.2, 0.25) is 0 Å². The topological polar surface area (TPSA) is 59.8 Å². The van der Waals surface area contributed by atoms with Crippen LogP contribution in [0.5, 0.6) is 0 Å². The van der Waals surface area contributed by atoms with Crippen LogP contribution in [0, 0.1) is 26.6 Å². The Morgan fingerprint density at radius 2 is 1.88 bits per heavy atom. The second-order valence-electron chi connectivity index (χ2n) is 6.01. The number of aryl methyl sites for hydroxylation is 2. The van der Waals surface area contributed by atoms with Gasteiger partial charge in [-0.1, -0.05) is 0 Å². The lowest BCUT2D eigenvalue weighted by Gasteiger charge is -2.04. The number of aromatic nitrogens is 3. The van der Waals surface area contributed by atoms with Gasteiger partial charge in [0.15, 0.2) is 0 Å². The summed E-state index contributed by atoms with van der Waals surface area (Å²) in [5.74, 6) is -0.0524. The number of hydrogen-bond acceptors (Lipinski definition) is 3. The first-order valence-electron chi connectivity index (χ1n) is 8.18. The van der Waals surface area contributed by atoms with E-state index in [0.717, 1.165) is 28.2 Å². The molecule has 0 saturated heterocycles. The highest BCUT2D eigenvalue weighted by Gasteiger charge is 2.11. The summed E-state index contributed by atoms with van der Waals surface area (Å²) in [6, 6.07) is 9.78. The van der Waals surface area contributed by atoms with Crippen molar-refractivity contribution in [2.45, 2.75) is 20.8 Å². The van der Waals surface area contributed by atoms with Crippen LogP contribution in [0.25, 0.3) is 11.8 Å². The van der Waals surface area contributed by atoms with Gasteiger partial charge < -0.3 is 5.32 Å². The molecule has 1 N–H and O–H groups in total. The molecular weight excluding hydrogens is 331 g/mol. The first-order chi connectivity index (χ1) is 12.4. The molecule has 6 heteroatoms. The van der Waals surface area contributed by atoms with Crippen LogP contribution in [0.3, 0.4) is 0 Å². The van der Waals surface area contributed by atoms with Crippen molar-refractivity contribution in [3.63, 3.8) is 0 Å².